The van der Waals surface area contributed by atoms with Crippen molar-refractivity contribution in [2.45, 2.75) is 25.9 Å². The van der Waals surface area contributed by atoms with Crippen LogP contribution in [0, 0.1) is 5.82 Å². The molecule has 19 heavy (non-hydrogen) atoms. The third-order valence-electron chi connectivity index (χ3n) is 3.24. The fourth-order valence-electron chi connectivity index (χ4n) is 2.09. The number of nitrogen functional groups attached to an aromatic ring is 1. The van der Waals surface area contributed by atoms with E-state index in [1.54, 1.807) is 17.4 Å². The van der Waals surface area contributed by atoms with E-state index in [1.165, 1.54) is 10.9 Å². The Bertz CT molecular complexity index is 505. The second kappa shape index (κ2) is 6.17. The highest BCUT2D eigenvalue weighted by Crippen LogP contribution is 2.17. The monoisotopic (exact) mass is 278 g/mol. The summed E-state index contributed by atoms with van der Waals surface area (Å²) in [5.41, 5.74) is 7.06. The maximum absolute atomic E-state index is 13.3. The van der Waals surface area contributed by atoms with Gasteiger partial charge < -0.3 is 5.73 Å². The van der Waals surface area contributed by atoms with E-state index in [0.717, 1.165) is 12.0 Å². The molecular formula is C15H19FN2S. The lowest BCUT2D eigenvalue weighted by Crippen LogP contribution is -2.30. The second-order valence-corrected chi connectivity index (χ2v) is 5.97. The van der Waals surface area contributed by atoms with Crippen LogP contribution in [0.25, 0.3) is 0 Å². The first-order chi connectivity index (χ1) is 9.04. The average Bonchev–Trinajstić information content (AvgIpc) is 2.80. The van der Waals surface area contributed by atoms with Crippen molar-refractivity contribution in [3.63, 3.8) is 0 Å². The standard InChI is InChI=1S/C15H19FN2S/c1-11(6-15-4-3-5-19-15)18(2)10-12-7-13(16)9-14(17)8-12/h3-5,7-9,11H,6,10,17H2,1-2H3. The lowest BCUT2D eigenvalue weighted by Gasteiger charge is -2.24. The molecule has 4 heteroatoms. The molecule has 102 valence electrons. The molecule has 0 bridgehead atoms. The van der Waals surface area contributed by atoms with Crippen molar-refractivity contribution in [2.24, 2.45) is 0 Å². The minimum Gasteiger partial charge on any atom is -0.399 e. The van der Waals surface area contributed by atoms with Gasteiger partial charge in [-0.1, -0.05) is 6.07 Å². The molecule has 1 atom stereocenters. The molecule has 1 aromatic heterocycles. The van der Waals surface area contributed by atoms with Gasteiger partial charge in [0.2, 0.25) is 0 Å². The molecule has 2 rings (SSSR count). The maximum atomic E-state index is 13.3. The van der Waals surface area contributed by atoms with Gasteiger partial charge in [-0.2, -0.15) is 0 Å². The molecule has 1 heterocycles. The van der Waals surface area contributed by atoms with Gasteiger partial charge in [-0.15, -0.1) is 11.3 Å². The summed E-state index contributed by atoms with van der Waals surface area (Å²) in [6.45, 7) is 2.89. The summed E-state index contributed by atoms with van der Waals surface area (Å²) < 4.78 is 13.3. The van der Waals surface area contributed by atoms with Gasteiger partial charge in [-0.25, -0.2) is 4.39 Å². The largest absolute Gasteiger partial charge is 0.399 e. The predicted octanol–water partition coefficient (Wildman–Crippen LogP) is 3.53. The van der Waals surface area contributed by atoms with E-state index in [1.807, 2.05) is 6.07 Å². The van der Waals surface area contributed by atoms with E-state index in [9.17, 15) is 4.39 Å². The quantitative estimate of drug-likeness (QED) is 0.848. The van der Waals surface area contributed by atoms with Crippen LogP contribution in [0.4, 0.5) is 10.1 Å². The zero-order valence-corrected chi connectivity index (χ0v) is 12.1. The smallest absolute Gasteiger partial charge is 0.125 e. The Kier molecular flexibility index (Phi) is 4.56. The molecule has 0 aliphatic heterocycles. The molecule has 0 aliphatic rings. The Labute approximate surface area is 117 Å². The van der Waals surface area contributed by atoms with Gasteiger partial charge in [-0.05, 0) is 55.6 Å². The molecule has 0 saturated carbocycles. The normalized spacial score (nSPS) is 12.8. The number of hydrogen-bond donors (Lipinski definition) is 1. The van der Waals surface area contributed by atoms with Crippen molar-refractivity contribution in [1.29, 1.82) is 0 Å². The molecule has 2 aromatic rings. The molecule has 1 aromatic carbocycles. The SMILES string of the molecule is CC(Cc1cccs1)N(C)Cc1cc(N)cc(F)c1. The molecule has 0 fully saturated rings. The van der Waals surface area contributed by atoms with Crippen LogP contribution in [-0.4, -0.2) is 18.0 Å². The minimum atomic E-state index is -0.269. The summed E-state index contributed by atoms with van der Waals surface area (Å²) in [6.07, 6.45) is 1.01. The number of hydrogen-bond acceptors (Lipinski definition) is 3. The highest BCUT2D eigenvalue weighted by molar-refractivity contribution is 7.09. The predicted molar refractivity (Wildman–Crippen MR) is 79.8 cm³/mol. The Morgan fingerprint density at radius 2 is 2.16 bits per heavy atom. The summed E-state index contributed by atoms with van der Waals surface area (Å²) in [5.74, 6) is -0.269. The summed E-state index contributed by atoms with van der Waals surface area (Å²) >= 11 is 1.77. The molecule has 2 N–H and O–H groups in total. The first-order valence-corrected chi connectivity index (χ1v) is 7.20. The average molecular weight is 278 g/mol. The van der Waals surface area contributed by atoms with Crippen molar-refractivity contribution in [3.8, 4) is 0 Å². The lowest BCUT2D eigenvalue weighted by atomic mass is 10.1. The summed E-state index contributed by atoms with van der Waals surface area (Å²) in [5, 5.41) is 2.09. The highest BCUT2D eigenvalue weighted by atomic mass is 32.1. The number of benzene rings is 1. The molecule has 0 saturated heterocycles. The van der Waals surface area contributed by atoms with Gasteiger partial charge in [0.1, 0.15) is 5.82 Å². The first-order valence-electron chi connectivity index (χ1n) is 6.32. The van der Waals surface area contributed by atoms with E-state index in [2.05, 4.69) is 36.4 Å². The van der Waals surface area contributed by atoms with Crippen molar-refractivity contribution in [2.75, 3.05) is 12.8 Å². The molecule has 0 radical (unpaired) electrons. The van der Waals surface area contributed by atoms with Gasteiger partial charge >= 0.3 is 0 Å². The Hall–Kier alpha value is -1.39. The number of rotatable bonds is 5. The topological polar surface area (TPSA) is 29.3 Å². The van der Waals surface area contributed by atoms with Gasteiger partial charge in [0.05, 0.1) is 0 Å². The van der Waals surface area contributed by atoms with Crippen LogP contribution in [0.15, 0.2) is 35.7 Å². The van der Waals surface area contributed by atoms with Crippen molar-refractivity contribution >= 4 is 17.0 Å². The molecule has 1 unspecified atom stereocenters. The molecular weight excluding hydrogens is 259 g/mol. The van der Waals surface area contributed by atoms with Crippen LogP contribution < -0.4 is 5.73 Å². The van der Waals surface area contributed by atoms with Crippen molar-refractivity contribution in [3.05, 3.63) is 52.0 Å². The van der Waals surface area contributed by atoms with Crippen LogP contribution in [0.1, 0.15) is 17.4 Å². The van der Waals surface area contributed by atoms with Crippen LogP contribution in [0.5, 0.6) is 0 Å². The van der Waals surface area contributed by atoms with E-state index in [-0.39, 0.29) is 5.82 Å². The van der Waals surface area contributed by atoms with Crippen LogP contribution in [0.2, 0.25) is 0 Å². The van der Waals surface area contributed by atoms with Crippen LogP contribution in [-0.2, 0) is 13.0 Å². The number of halogens is 1. The number of nitrogens with zero attached hydrogens (tertiary/aromatic N) is 1. The number of likely N-dealkylation sites (N-methyl/N-ethyl adjacent to an activating group) is 1. The van der Waals surface area contributed by atoms with Crippen LogP contribution in [0.3, 0.4) is 0 Å². The fourth-order valence-corrected chi connectivity index (χ4v) is 2.91. The lowest BCUT2D eigenvalue weighted by molar-refractivity contribution is 0.248. The fraction of sp³-hybridized carbons (Fsp3) is 0.333. The highest BCUT2D eigenvalue weighted by Gasteiger charge is 2.11. The first kappa shape index (κ1) is 14.0. The van der Waals surface area contributed by atoms with E-state index < -0.39 is 0 Å². The molecule has 0 amide bonds. The van der Waals surface area contributed by atoms with Gasteiger partial charge in [0.25, 0.3) is 0 Å². The minimum absolute atomic E-state index is 0.269. The zero-order chi connectivity index (χ0) is 13.8. The van der Waals surface area contributed by atoms with Gasteiger partial charge in [-0.3, -0.25) is 4.90 Å². The summed E-state index contributed by atoms with van der Waals surface area (Å²) in [7, 11) is 2.05. The van der Waals surface area contributed by atoms with Crippen molar-refractivity contribution in [1.82, 2.24) is 4.90 Å². The zero-order valence-electron chi connectivity index (χ0n) is 11.3. The Morgan fingerprint density at radius 1 is 1.37 bits per heavy atom. The van der Waals surface area contributed by atoms with Crippen molar-refractivity contribution < 1.29 is 4.39 Å². The van der Waals surface area contributed by atoms with E-state index >= 15 is 0 Å². The Morgan fingerprint density at radius 3 is 2.79 bits per heavy atom. The van der Waals surface area contributed by atoms with Gasteiger partial charge in [0.15, 0.2) is 0 Å². The summed E-state index contributed by atoms with van der Waals surface area (Å²) in [4.78, 5) is 3.59. The number of anilines is 1. The maximum Gasteiger partial charge on any atom is 0.125 e. The molecule has 2 nitrogen and oxygen atoms in total. The Balaban J connectivity index is 1.97. The van der Waals surface area contributed by atoms with Gasteiger partial charge in [0, 0.05) is 23.2 Å². The number of nitrogens with two attached hydrogens (primary N) is 1. The molecule has 0 aliphatic carbocycles. The third-order valence-corrected chi connectivity index (χ3v) is 4.14. The summed E-state index contributed by atoms with van der Waals surface area (Å²) in [6, 6.07) is 9.35. The number of thiophene rings is 1. The van der Waals surface area contributed by atoms with E-state index in [0.29, 0.717) is 18.3 Å². The van der Waals surface area contributed by atoms with Crippen LogP contribution >= 0.6 is 11.3 Å². The molecule has 0 spiro atoms. The second-order valence-electron chi connectivity index (χ2n) is 4.94. The third kappa shape index (κ3) is 4.04. The van der Waals surface area contributed by atoms with E-state index in [4.69, 9.17) is 5.73 Å².